The molecule has 0 saturated heterocycles. The predicted octanol–water partition coefficient (Wildman–Crippen LogP) is 1.43. The van der Waals surface area contributed by atoms with Gasteiger partial charge in [-0.15, -0.1) is 0 Å². The molecule has 4 nitrogen and oxygen atoms in total. The lowest BCUT2D eigenvalue weighted by molar-refractivity contribution is -0.147. The maximum atomic E-state index is 12.6. The number of carbonyl (C=O) groups excluding carboxylic acids is 1. The minimum absolute atomic E-state index is 0.101. The summed E-state index contributed by atoms with van der Waals surface area (Å²) in [6.45, 7) is 3.81. The second-order valence-corrected chi connectivity index (χ2v) is 3.69. The Kier molecular flexibility index (Phi) is 2.68. The summed E-state index contributed by atoms with van der Waals surface area (Å²) >= 11 is 0. The number of halogens is 3. The number of fused-ring (bicyclic) bond motifs is 1. The molecule has 92 valence electrons. The minimum atomic E-state index is -4.46. The maximum Gasteiger partial charge on any atom is 0.449 e. The fourth-order valence-corrected chi connectivity index (χ4v) is 1.83. The Morgan fingerprint density at radius 3 is 2.76 bits per heavy atom. The van der Waals surface area contributed by atoms with Crippen molar-refractivity contribution < 1.29 is 18.0 Å². The quantitative estimate of drug-likeness (QED) is 0.702. The normalized spacial score (nSPS) is 15.6. The Morgan fingerprint density at radius 1 is 1.47 bits per heavy atom. The molecule has 0 radical (unpaired) electrons. The van der Waals surface area contributed by atoms with E-state index in [2.05, 4.69) is 11.6 Å². The highest BCUT2D eigenvalue weighted by Crippen LogP contribution is 2.30. The van der Waals surface area contributed by atoms with E-state index in [9.17, 15) is 18.0 Å². The third kappa shape index (κ3) is 2.04. The van der Waals surface area contributed by atoms with Crippen molar-refractivity contribution in [2.45, 2.75) is 19.3 Å². The molecular formula is C10H10F3N3O. The number of aromatic nitrogens is 2. The van der Waals surface area contributed by atoms with Gasteiger partial charge in [-0.25, -0.2) is 4.98 Å². The molecule has 0 bridgehead atoms. The average Bonchev–Trinajstić information content (AvgIpc) is 2.70. The first-order chi connectivity index (χ1) is 7.93. The summed E-state index contributed by atoms with van der Waals surface area (Å²) in [6, 6.07) is 0. The molecule has 0 aliphatic carbocycles. The number of imidazole rings is 1. The number of alkyl halides is 3. The van der Waals surface area contributed by atoms with Gasteiger partial charge in [-0.3, -0.25) is 4.79 Å². The zero-order valence-corrected chi connectivity index (χ0v) is 8.87. The monoisotopic (exact) mass is 245 g/mol. The van der Waals surface area contributed by atoms with Crippen LogP contribution in [-0.4, -0.2) is 26.9 Å². The highest BCUT2D eigenvalue weighted by molar-refractivity contribution is 5.87. The standard InChI is InChI=1S/C10H10F3N3O/c1-2-8(17)15-3-4-16-7(6-15)5-14-9(16)10(11,12)13/h2,5H,1,3-4,6H2. The Bertz CT molecular complexity index is 464. The second-order valence-electron chi connectivity index (χ2n) is 3.69. The predicted molar refractivity (Wildman–Crippen MR) is 52.8 cm³/mol. The summed E-state index contributed by atoms with van der Waals surface area (Å²) < 4.78 is 38.8. The van der Waals surface area contributed by atoms with Crippen LogP contribution in [0.3, 0.4) is 0 Å². The zero-order chi connectivity index (χ0) is 12.6. The average molecular weight is 245 g/mol. The van der Waals surface area contributed by atoms with E-state index >= 15 is 0 Å². The van der Waals surface area contributed by atoms with Gasteiger partial charge in [-0.2, -0.15) is 13.2 Å². The van der Waals surface area contributed by atoms with Crippen LogP contribution in [0.1, 0.15) is 11.5 Å². The molecule has 1 aromatic rings. The van der Waals surface area contributed by atoms with Crippen molar-refractivity contribution in [2.24, 2.45) is 0 Å². The molecule has 2 rings (SSSR count). The largest absolute Gasteiger partial charge is 0.449 e. The summed E-state index contributed by atoms with van der Waals surface area (Å²) in [5, 5.41) is 0. The molecule has 1 amide bonds. The van der Waals surface area contributed by atoms with Crippen LogP contribution in [0.15, 0.2) is 18.9 Å². The topological polar surface area (TPSA) is 38.1 Å². The van der Waals surface area contributed by atoms with Crippen molar-refractivity contribution in [3.8, 4) is 0 Å². The zero-order valence-electron chi connectivity index (χ0n) is 8.87. The van der Waals surface area contributed by atoms with E-state index in [4.69, 9.17) is 0 Å². The summed E-state index contributed by atoms with van der Waals surface area (Å²) in [6.07, 6.45) is -2.15. The van der Waals surface area contributed by atoms with Gasteiger partial charge >= 0.3 is 6.18 Å². The van der Waals surface area contributed by atoms with Gasteiger partial charge in [0.15, 0.2) is 0 Å². The fraction of sp³-hybridized carbons (Fsp3) is 0.400. The molecular weight excluding hydrogens is 235 g/mol. The maximum absolute atomic E-state index is 12.6. The van der Waals surface area contributed by atoms with Crippen molar-refractivity contribution in [3.05, 3.63) is 30.4 Å². The Labute approximate surface area is 95.3 Å². The Morgan fingerprint density at radius 2 is 2.18 bits per heavy atom. The summed E-state index contributed by atoms with van der Waals surface area (Å²) in [7, 11) is 0. The molecule has 0 atom stereocenters. The van der Waals surface area contributed by atoms with E-state index in [-0.39, 0.29) is 25.5 Å². The molecule has 1 aliphatic rings. The van der Waals surface area contributed by atoms with Crippen LogP contribution < -0.4 is 0 Å². The molecule has 17 heavy (non-hydrogen) atoms. The molecule has 1 aliphatic heterocycles. The van der Waals surface area contributed by atoms with Crippen LogP contribution >= 0.6 is 0 Å². The van der Waals surface area contributed by atoms with Gasteiger partial charge in [0.2, 0.25) is 11.7 Å². The lowest BCUT2D eigenvalue weighted by atomic mass is 10.3. The van der Waals surface area contributed by atoms with Crippen molar-refractivity contribution in [2.75, 3.05) is 6.54 Å². The first kappa shape index (κ1) is 11.7. The number of carbonyl (C=O) groups is 1. The van der Waals surface area contributed by atoms with Crippen molar-refractivity contribution in [3.63, 3.8) is 0 Å². The molecule has 1 aromatic heterocycles. The van der Waals surface area contributed by atoms with Crippen LogP contribution in [0, 0.1) is 0 Å². The van der Waals surface area contributed by atoms with E-state index in [0.29, 0.717) is 5.69 Å². The summed E-state index contributed by atoms with van der Waals surface area (Å²) in [5.41, 5.74) is 0.388. The molecule has 0 aromatic carbocycles. The summed E-state index contributed by atoms with van der Waals surface area (Å²) in [4.78, 5) is 16.1. The van der Waals surface area contributed by atoms with E-state index in [0.717, 1.165) is 16.8 Å². The Hall–Kier alpha value is -1.79. The molecule has 7 heteroatoms. The first-order valence-electron chi connectivity index (χ1n) is 4.96. The third-order valence-corrected chi connectivity index (χ3v) is 2.62. The highest BCUT2D eigenvalue weighted by atomic mass is 19.4. The highest BCUT2D eigenvalue weighted by Gasteiger charge is 2.38. The van der Waals surface area contributed by atoms with Gasteiger partial charge in [0.05, 0.1) is 18.4 Å². The molecule has 0 fully saturated rings. The van der Waals surface area contributed by atoms with Crippen molar-refractivity contribution in [1.82, 2.24) is 14.5 Å². The van der Waals surface area contributed by atoms with Gasteiger partial charge in [0.25, 0.3) is 0 Å². The molecule has 0 spiro atoms. The number of hydrogen-bond donors (Lipinski definition) is 0. The fourth-order valence-electron chi connectivity index (χ4n) is 1.83. The van der Waals surface area contributed by atoms with E-state index in [1.165, 1.54) is 4.90 Å². The second kappa shape index (κ2) is 3.90. The van der Waals surface area contributed by atoms with Crippen molar-refractivity contribution in [1.29, 1.82) is 0 Å². The van der Waals surface area contributed by atoms with Crippen LogP contribution in [0.4, 0.5) is 13.2 Å². The lowest BCUT2D eigenvalue weighted by Gasteiger charge is -2.28. The smallest absolute Gasteiger partial charge is 0.332 e. The SMILES string of the molecule is C=CC(=O)N1CCn2c(cnc2C(F)(F)F)C1. The van der Waals surface area contributed by atoms with Gasteiger partial charge in [-0.05, 0) is 6.08 Å². The lowest BCUT2D eigenvalue weighted by Crippen LogP contribution is -2.38. The van der Waals surface area contributed by atoms with E-state index in [1.807, 2.05) is 0 Å². The third-order valence-electron chi connectivity index (χ3n) is 2.62. The van der Waals surface area contributed by atoms with E-state index < -0.39 is 12.0 Å². The number of nitrogens with zero attached hydrogens (tertiary/aromatic N) is 3. The minimum Gasteiger partial charge on any atom is -0.332 e. The van der Waals surface area contributed by atoms with Crippen LogP contribution in [0.2, 0.25) is 0 Å². The Balaban J connectivity index is 2.27. The van der Waals surface area contributed by atoms with Gasteiger partial charge in [0.1, 0.15) is 0 Å². The number of hydrogen-bond acceptors (Lipinski definition) is 2. The van der Waals surface area contributed by atoms with Gasteiger partial charge in [-0.1, -0.05) is 6.58 Å². The van der Waals surface area contributed by atoms with Crippen LogP contribution in [0.25, 0.3) is 0 Å². The number of rotatable bonds is 1. The van der Waals surface area contributed by atoms with E-state index in [1.54, 1.807) is 0 Å². The molecule has 0 saturated carbocycles. The molecule has 0 N–H and O–H groups in total. The number of amides is 1. The van der Waals surface area contributed by atoms with Gasteiger partial charge in [0, 0.05) is 13.1 Å². The first-order valence-corrected chi connectivity index (χ1v) is 4.96. The van der Waals surface area contributed by atoms with Gasteiger partial charge < -0.3 is 9.47 Å². The summed E-state index contributed by atoms with van der Waals surface area (Å²) in [5.74, 6) is -1.19. The van der Waals surface area contributed by atoms with Crippen LogP contribution in [-0.2, 0) is 24.1 Å². The van der Waals surface area contributed by atoms with Crippen LogP contribution in [0.5, 0.6) is 0 Å². The molecule has 2 heterocycles. The molecule has 0 unspecified atom stereocenters. The van der Waals surface area contributed by atoms with Crippen molar-refractivity contribution >= 4 is 5.91 Å².